The van der Waals surface area contributed by atoms with Crippen molar-refractivity contribution in [2.45, 2.75) is 10.1 Å². The van der Waals surface area contributed by atoms with Crippen molar-refractivity contribution in [3.05, 3.63) is 68.4 Å². The third-order valence-corrected chi connectivity index (χ3v) is 5.02. The van der Waals surface area contributed by atoms with E-state index < -0.39 is 10.9 Å². The van der Waals surface area contributed by atoms with Gasteiger partial charge in [-0.15, -0.1) is 10.2 Å². The molecule has 3 rings (SSSR count). The predicted octanol–water partition coefficient (Wildman–Crippen LogP) is 4.40. The number of nitrogens with zero attached hydrogens (tertiary/aromatic N) is 4. The second-order valence-electron chi connectivity index (χ2n) is 5.23. The fraction of sp³-hybridized carbons (Fsp3) is 0.0625. The zero-order valence-corrected chi connectivity index (χ0v) is 16.0. The van der Waals surface area contributed by atoms with Crippen LogP contribution in [0, 0.1) is 10.1 Å². The molecule has 1 aromatic heterocycles. The SMILES string of the molecule is Cn1cnnc1Sc1ccc(C(=O)Oc2cc(Cl)ccc2Cl)cc1[N+](=O)[O-]. The molecule has 0 saturated carbocycles. The smallest absolute Gasteiger partial charge is 0.343 e. The molecule has 0 radical (unpaired) electrons. The number of aromatic nitrogens is 3. The molecule has 27 heavy (non-hydrogen) atoms. The molecule has 0 bridgehead atoms. The van der Waals surface area contributed by atoms with Crippen molar-refractivity contribution in [2.75, 3.05) is 0 Å². The summed E-state index contributed by atoms with van der Waals surface area (Å²) >= 11 is 12.9. The van der Waals surface area contributed by atoms with E-state index in [0.717, 1.165) is 17.8 Å². The van der Waals surface area contributed by atoms with E-state index in [-0.39, 0.29) is 22.0 Å². The van der Waals surface area contributed by atoms with Gasteiger partial charge in [-0.05, 0) is 36.0 Å². The number of benzene rings is 2. The lowest BCUT2D eigenvalue weighted by atomic mass is 10.2. The van der Waals surface area contributed by atoms with Crippen molar-refractivity contribution < 1.29 is 14.5 Å². The second-order valence-corrected chi connectivity index (χ2v) is 7.08. The van der Waals surface area contributed by atoms with E-state index in [9.17, 15) is 14.9 Å². The summed E-state index contributed by atoms with van der Waals surface area (Å²) in [5.41, 5.74) is -0.255. The molecule has 3 aromatic rings. The van der Waals surface area contributed by atoms with Gasteiger partial charge in [0.05, 0.1) is 20.4 Å². The van der Waals surface area contributed by atoms with E-state index in [2.05, 4.69) is 10.2 Å². The lowest BCUT2D eigenvalue weighted by molar-refractivity contribution is -0.387. The maximum atomic E-state index is 12.4. The van der Waals surface area contributed by atoms with Gasteiger partial charge in [-0.25, -0.2) is 4.79 Å². The number of halogens is 2. The Morgan fingerprint density at radius 3 is 2.70 bits per heavy atom. The van der Waals surface area contributed by atoms with E-state index in [4.69, 9.17) is 27.9 Å². The van der Waals surface area contributed by atoms with E-state index in [1.165, 1.54) is 30.6 Å². The molecule has 0 spiro atoms. The lowest BCUT2D eigenvalue weighted by Crippen LogP contribution is -2.09. The number of ether oxygens (including phenoxy) is 1. The number of carbonyl (C=O) groups excluding carboxylic acids is 1. The minimum absolute atomic E-state index is 0.0000532. The molecule has 138 valence electrons. The van der Waals surface area contributed by atoms with Crippen LogP contribution in [0.2, 0.25) is 10.0 Å². The van der Waals surface area contributed by atoms with Gasteiger partial charge >= 0.3 is 5.97 Å². The van der Waals surface area contributed by atoms with Gasteiger partial charge in [0.2, 0.25) is 0 Å². The summed E-state index contributed by atoms with van der Waals surface area (Å²) in [4.78, 5) is 23.5. The van der Waals surface area contributed by atoms with Crippen LogP contribution in [0.25, 0.3) is 0 Å². The Labute approximate surface area is 167 Å². The van der Waals surface area contributed by atoms with Crippen molar-refractivity contribution in [1.82, 2.24) is 14.8 Å². The number of nitro groups is 1. The molecule has 11 heteroatoms. The van der Waals surface area contributed by atoms with Gasteiger partial charge in [0, 0.05) is 24.2 Å². The first-order valence-corrected chi connectivity index (χ1v) is 8.90. The van der Waals surface area contributed by atoms with Gasteiger partial charge in [0.1, 0.15) is 6.33 Å². The van der Waals surface area contributed by atoms with Crippen molar-refractivity contribution in [3.8, 4) is 5.75 Å². The van der Waals surface area contributed by atoms with Crippen LogP contribution in [-0.4, -0.2) is 25.7 Å². The molecule has 0 unspecified atom stereocenters. The number of nitro benzene ring substituents is 1. The maximum Gasteiger partial charge on any atom is 0.343 e. The Kier molecular flexibility index (Phi) is 5.64. The van der Waals surface area contributed by atoms with Crippen molar-refractivity contribution in [2.24, 2.45) is 7.05 Å². The van der Waals surface area contributed by atoms with Gasteiger partial charge in [0.15, 0.2) is 10.9 Å². The highest BCUT2D eigenvalue weighted by atomic mass is 35.5. The number of rotatable bonds is 5. The molecule has 1 heterocycles. The monoisotopic (exact) mass is 424 g/mol. The fourth-order valence-corrected chi connectivity index (χ4v) is 3.22. The Morgan fingerprint density at radius 2 is 2.04 bits per heavy atom. The lowest BCUT2D eigenvalue weighted by Gasteiger charge is -2.08. The summed E-state index contributed by atoms with van der Waals surface area (Å²) in [6, 6.07) is 8.42. The highest BCUT2D eigenvalue weighted by Crippen LogP contribution is 2.35. The van der Waals surface area contributed by atoms with E-state index in [0.29, 0.717) is 15.1 Å². The van der Waals surface area contributed by atoms with Crippen LogP contribution in [0.4, 0.5) is 5.69 Å². The van der Waals surface area contributed by atoms with Crippen LogP contribution < -0.4 is 4.74 Å². The molecular formula is C16H10Cl2N4O4S. The summed E-state index contributed by atoms with van der Waals surface area (Å²) in [6.07, 6.45) is 1.48. The van der Waals surface area contributed by atoms with Crippen LogP contribution in [0.15, 0.2) is 52.8 Å². The quantitative estimate of drug-likeness (QED) is 0.259. The van der Waals surface area contributed by atoms with Gasteiger partial charge in [-0.2, -0.15) is 0 Å². The van der Waals surface area contributed by atoms with Crippen LogP contribution in [0.1, 0.15) is 10.4 Å². The molecule has 0 aliphatic heterocycles. The van der Waals surface area contributed by atoms with Gasteiger partial charge in [0.25, 0.3) is 5.69 Å². The molecule has 0 saturated heterocycles. The molecule has 0 aliphatic carbocycles. The van der Waals surface area contributed by atoms with Crippen LogP contribution in [-0.2, 0) is 7.05 Å². The molecule has 0 N–H and O–H groups in total. The van der Waals surface area contributed by atoms with E-state index >= 15 is 0 Å². The Hall–Kier alpha value is -2.62. The van der Waals surface area contributed by atoms with Crippen molar-refractivity contribution >= 4 is 46.6 Å². The molecule has 8 nitrogen and oxygen atoms in total. The first-order chi connectivity index (χ1) is 12.8. The van der Waals surface area contributed by atoms with Crippen LogP contribution in [0.3, 0.4) is 0 Å². The average Bonchev–Trinajstić information content (AvgIpc) is 3.03. The van der Waals surface area contributed by atoms with Gasteiger partial charge in [-0.3, -0.25) is 10.1 Å². The molecule has 0 amide bonds. The minimum atomic E-state index is -0.794. The predicted molar refractivity (Wildman–Crippen MR) is 99.6 cm³/mol. The molecule has 0 atom stereocenters. The Morgan fingerprint density at radius 1 is 1.26 bits per heavy atom. The summed E-state index contributed by atoms with van der Waals surface area (Å²) in [7, 11) is 1.72. The van der Waals surface area contributed by atoms with Gasteiger partial charge in [-0.1, -0.05) is 23.2 Å². The van der Waals surface area contributed by atoms with Gasteiger partial charge < -0.3 is 9.30 Å². The first-order valence-electron chi connectivity index (χ1n) is 7.32. The zero-order valence-electron chi connectivity index (χ0n) is 13.6. The Bertz CT molecular complexity index is 1040. The maximum absolute atomic E-state index is 12.4. The number of hydrogen-bond acceptors (Lipinski definition) is 7. The molecular weight excluding hydrogens is 415 g/mol. The topological polar surface area (TPSA) is 100 Å². The van der Waals surface area contributed by atoms with E-state index in [1.807, 2.05) is 0 Å². The van der Waals surface area contributed by atoms with Crippen LogP contribution in [0.5, 0.6) is 5.75 Å². The standard InChI is InChI=1S/C16H10Cl2N4O4S/c1-21-8-19-20-16(21)27-14-5-2-9(6-12(14)22(24)25)15(23)26-13-7-10(17)3-4-11(13)18/h2-8H,1H3. The number of hydrogen-bond donors (Lipinski definition) is 0. The summed E-state index contributed by atoms with van der Waals surface area (Å²) in [6.45, 7) is 0. The highest BCUT2D eigenvalue weighted by Gasteiger charge is 2.21. The number of aryl methyl sites for hydroxylation is 1. The van der Waals surface area contributed by atoms with Crippen LogP contribution >= 0.6 is 35.0 Å². The number of carbonyl (C=O) groups is 1. The average molecular weight is 425 g/mol. The fourth-order valence-electron chi connectivity index (χ4n) is 2.05. The van der Waals surface area contributed by atoms with Crippen molar-refractivity contribution in [1.29, 1.82) is 0 Å². The molecule has 2 aromatic carbocycles. The third kappa shape index (κ3) is 4.38. The second kappa shape index (κ2) is 7.95. The minimum Gasteiger partial charge on any atom is -0.421 e. The molecule has 0 fully saturated rings. The highest BCUT2D eigenvalue weighted by molar-refractivity contribution is 7.99. The van der Waals surface area contributed by atoms with Crippen molar-refractivity contribution in [3.63, 3.8) is 0 Å². The van der Waals surface area contributed by atoms with E-state index in [1.54, 1.807) is 17.7 Å². The summed E-state index contributed by atoms with van der Waals surface area (Å²) in [5.74, 6) is -0.730. The normalized spacial score (nSPS) is 10.6. The first kappa shape index (κ1) is 19.2. The number of esters is 1. The zero-order chi connectivity index (χ0) is 19.6. The Balaban J connectivity index is 1.89. The largest absolute Gasteiger partial charge is 0.421 e. The summed E-state index contributed by atoms with van der Waals surface area (Å²) < 4.78 is 6.82. The summed E-state index contributed by atoms with van der Waals surface area (Å²) in [5, 5.41) is 20.0. The molecule has 0 aliphatic rings. The third-order valence-electron chi connectivity index (χ3n) is 3.36.